The summed E-state index contributed by atoms with van der Waals surface area (Å²) in [6, 6.07) is 7.66. The van der Waals surface area contributed by atoms with Crippen LogP contribution >= 0.6 is 23.2 Å². The van der Waals surface area contributed by atoms with Gasteiger partial charge in [0.1, 0.15) is 0 Å². The van der Waals surface area contributed by atoms with Crippen LogP contribution in [0.15, 0.2) is 24.3 Å². The molecule has 0 aliphatic heterocycles. The molecule has 1 aromatic heterocycles. The van der Waals surface area contributed by atoms with Gasteiger partial charge in [-0.15, -0.1) is 23.2 Å². The number of hydrogen-bond donors (Lipinski definition) is 0. The first-order valence-corrected chi connectivity index (χ1v) is 7.09. The van der Waals surface area contributed by atoms with Gasteiger partial charge in [-0.1, -0.05) is 18.2 Å². The van der Waals surface area contributed by atoms with E-state index in [1.165, 1.54) is 0 Å². The Labute approximate surface area is 121 Å². The number of fused-ring (bicyclic) bond motifs is 1. The minimum atomic E-state index is -0.127. The van der Waals surface area contributed by atoms with Crippen LogP contribution < -0.4 is 0 Å². The summed E-state index contributed by atoms with van der Waals surface area (Å²) in [6.07, 6.45) is 0. The van der Waals surface area contributed by atoms with Crippen molar-refractivity contribution in [3.05, 3.63) is 30.0 Å². The third-order valence-electron chi connectivity index (χ3n) is 2.96. The van der Waals surface area contributed by atoms with Gasteiger partial charge in [-0.25, -0.2) is 0 Å². The maximum Gasteiger partial charge on any atom is 0.275 e. The zero-order valence-electron chi connectivity index (χ0n) is 10.6. The van der Waals surface area contributed by atoms with E-state index in [2.05, 4.69) is 5.10 Å². The van der Waals surface area contributed by atoms with Crippen molar-refractivity contribution in [2.45, 2.75) is 0 Å². The molecule has 0 saturated carbocycles. The molecular formula is C13H15Cl2N3O. The molecule has 0 radical (unpaired) electrons. The van der Waals surface area contributed by atoms with Crippen molar-refractivity contribution in [1.82, 2.24) is 14.7 Å². The molecule has 19 heavy (non-hydrogen) atoms. The summed E-state index contributed by atoms with van der Waals surface area (Å²) >= 11 is 11.4. The fourth-order valence-corrected chi connectivity index (χ4v) is 2.45. The third kappa shape index (κ3) is 2.85. The van der Waals surface area contributed by atoms with Gasteiger partial charge in [0.2, 0.25) is 0 Å². The minimum Gasteiger partial charge on any atom is -0.335 e. The SMILES string of the molecule is Cn1nc(C(=O)N(CCCl)CCCl)c2ccccc21. The van der Waals surface area contributed by atoms with Crippen LogP contribution in [0.25, 0.3) is 10.9 Å². The lowest BCUT2D eigenvalue weighted by Gasteiger charge is -2.19. The number of aromatic nitrogens is 2. The van der Waals surface area contributed by atoms with Crippen LogP contribution in [0.4, 0.5) is 0 Å². The molecule has 0 saturated heterocycles. The van der Waals surface area contributed by atoms with E-state index in [0.717, 1.165) is 10.9 Å². The average Bonchev–Trinajstić information content (AvgIpc) is 2.76. The number of amides is 1. The largest absolute Gasteiger partial charge is 0.335 e. The van der Waals surface area contributed by atoms with E-state index >= 15 is 0 Å². The Morgan fingerprint density at radius 3 is 2.53 bits per heavy atom. The molecule has 0 atom stereocenters. The number of alkyl halides is 2. The van der Waals surface area contributed by atoms with Crippen molar-refractivity contribution in [1.29, 1.82) is 0 Å². The highest BCUT2D eigenvalue weighted by Gasteiger charge is 2.21. The summed E-state index contributed by atoms with van der Waals surface area (Å²) in [6.45, 7) is 0.940. The van der Waals surface area contributed by atoms with Crippen LogP contribution in [0.5, 0.6) is 0 Å². The lowest BCUT2D eigenvalue weighted by molar-refractivity contribution is 0.0770. The number of benzene rings is 1. The second-order valence-electron chi connectivity index (χ2n) is 4.16. The van der Waals surface area contributed by atoms with Gasteiger partial charge in [0.05, 0.1) is 5.52 Å². The average molecular weight is 300 g/mol. The van der Waals surface area contributed by atoms with E-state index in [0.29, 0.717) is 30.5 Å². The zero-order chi connectivity index (χ0) is 13.8. The van der Waals surface area contributed by atoms with E-state index < -0.39 is 0 Å². The highest BCUT2D eigenvalue weighted by atomic mass is 35.5. The Kier molecular flexibility index (Phi) is 4.66. The van der Waals surface area contributed by atoms with E-state index in [1.807, 2.05) is 31.3 Å². The molecule has 6 heteroatoms. The number of rotatable bonds is 5. The fraction of sp³-hybridized carbons (Fsp3) is 0.385. The summed E-state index contributed by atoms with van der Waals surface area (Å²) in [5, 5.41) is 5.17. The Balaban J connectivity index is 2.40. The van der Waals surface area contributed by atoms with Crippen molar-refractivity contribution in [2.75, 3.05) is 24.8 Å². The molecule has 0 bridgehead atoms. The van der Waals surface area contributed by atoms with Gasteiger partial charge in [-0.3, -0.25) is 9.48 Å². The highest BCUT2D eigenvalue weighted by molar-refractivity contribution is 6.18. The molecule has 0 aliphatic carbocycles. The topological polar surface area (TPSA) is 38.1 Å². The molecular weight excluding hydrogens is 285 g/mol. The molecule has 4 nitrogen and oxygen atoms in total. The maximum absolute atomic E-state index is 12.5. The van der Waals surface area contributed by atoms with Crippen molar-refractivity contribution >= 4 is 40.0 Å². The maximum atomic E-state index is 12.5. The summed E-state index contributed by atoms with van der Waals surface area (Å²) < 4.78 is 1.71. The molecule has 1 amide bonds. The van der Waals surface area contributed by atoms with E-state index in [-0.39, 0.29) is 5.91 Å². The van der Waals surface area contributed by atoms with Gasteiger partial charge in [-0.2, -0.15) is 5.10 Å². The molecule has 2 aromatic rings. The van der Waals surface area contributed by atoms with Crippen LogP contribution in [0, 0.1) is 0 Å². The first kappa shape index (κ1) is 14.2. The van der Waals surface area contributed by atoms with Crippen molar-refractivity contribution in [3.63, 3.8) is 0 Å². The second-order valence-corrected chi connectivity index (χ2v) is 4.92. The Hall–Kier alpha value is -1.26. The van der Waals surface area contributed by atoms with E-state index in [9.17, 15) is 4.79 Å². The Bertz CT molecular complexity index is 576. The number of halogens is 2. The van der Waals surface area contributed by atoms with E-state index in [4.69, 9.17) is 23.2 Å². The molecule has 0 unspecified atom stereocenters. The van der Waals surface area contributed by atoms with Gasteiger partial charge in [0.15, 0.2) is 5.69 Å². The first-order valence-electron chi connectivity index (χ1n) is 6.02. The fourth-order valence-electron chi connectivity index (χ4n) is 2.04. The Morgan fingerprint density at radius 1 is 1.26 bits per heavy atom. The van der Waals surface area contributed by atoms with Crippen molar-refractivity contribution < 1.29 is 4.79 Å². The lowest BCUT2D eigenvalue weighted by atomic mass is 10.2. The monoisotopic (exact) mass is 299 g/mol. The number of carbonyl (C=O) groups excluding carboxylic acids is 1. The van der Waals surface area contributed by atoms with Crippen LogP contribution in [0.3, 0.4) is 0 Å². The number of aryl methyl sites for hydroxylation is 1. The predicted molar refractivity (Wildman–Crippen MR) is 78.1 cm³/mol. The molecule has 0 spiro atoms. The van der Waals surface area contributed by atoms with Crippen LogP contribution in [-0.4, -0.2) is 45.4 Å². The van der Waals surface area contributed by atoms with Gasteiger partial charge < -0.3 is 4.90 Å². The van der Waals surface area contributed by atoms with Crippen LogP contribution in [0.2, 0.25) is 0 Å². The number of nitrogens with zero attached hydrogens (tertiary/aromatic N) is 3. The van der Waals surface area contributed by atoms with Gasteiger partial charge in [0.25, 0.3) is 5.91 Å². The summed E-state index contributed by atoms with van der Waals surface area (Å²) in [4.78, 5) is 14.1. The molecule has 1 heterocycles. The molecule has 1 aromatic carbocycles. The molecule has 0 N–H and O–H groups in total. The normalized spacial score (nSPS) is 10.9. The Morgan fingerprint density at radius 2 is 1.89 bits per heavy atom. The van der Waals surface area contributed by atoms with Crippen molar-refractivity contribution in [3.8, 4) is 0 Å². The van der Waals surface area contributed by atoms with E-state index in [1.54, 1.807) is 9.58 Å². The molecule has 102 valence electrons. The second kappa shape index (κ2) is 6.26. The summed E-state index contributed by atoms with van der Waals surface area (Å²) in [5.74, 6) is 0.638. The number of carbonyl (C=O) groups is 1. The quantitative estimate of drug-likeness (QED) is 0.796. The number of para-hydroxylation sites is 1. The molecule has 2 rings (SSSR count). The van der Waals surface area contributed by atoms with Crippen molar-refractivity contribution in [2.24, 2.45) is 7.05 Å². The van der Waals surface area contributed by atoms with Crippen LogP contribution in [-0.2, 0) is 7.05 Å². The smallest absolute Gasteiger partial charge is 0.275 e. The van der Waals surface area contributed by atoms with Crippen LogP contribution in [0.1, 0.15) is 10.5 Å². The number of hydrogen-bond acceptors (Lipinski definition) is 2. The summed E-state index contributed by atoms with van der Waals surface area (Å²) in [7, 11) is 1.83. The van der Waals surface area contributed by atoms with Gasteiger partial charge in [0, 0.05) is 37.3 Å². The molecule has 0 aliphatic rings. The van der Waals surface area contributed by atoms with Gasteiger partial charge >= 0.3 is 0 Å². The highest BCUT2D eigenvalue weighted by Crippen LogP contribution is 2.19. The standard InChI is InChI=1S/C13H15Cl2N3O/c1-17-11-5-3-2-4-10(11)12(16-17)13(19)18(8-6-14)9-7-15/h2-5H,6-9H2,1H3. The summed E-state index contributed by atoms with van der Waals surface area (Å²) in [5.41, 5.74) is 1.39. The lowest BCUT2D eigenvalue weighted by Crippen LogP contribution is -2.34. The zero-order valence-corrected chi connectivity index (χ0v) is 12.2. The third-order valence-corrected chi connectivity index (χ3v) is 3.29. The predicted octanol–water partition coefficient (Wildman–Crippen LogP) is 2.49. The first-order chi connectivity index (χ1) is 9.19. The minimum absolute atomic E-state index is 0.127. The molecule has 0 fully saturated rings. The van der Waals surface area contributed by atoms with Gasteiger partial charge in [-0.05, 0) is 6.07 Å².